The van der Waals surface area contributed by atoms with Crippen LogP contribution >= 0.6 is 0 Å². The van der Waals surface area contributed by atoms with E-state index in [1.165, 1.54) is 7.11 Å². The summed E-state index contributed by atoms with van der Waals surface area (Å²) in [7, 11) is -2.32. The van der Waals surface area contributed by atoms with Gasteiger partial charge in [0.25, 0.3) is 0 Å². The molecule has 1 N–H and O–H groups in total. The fourth-order valence-corrected chi connectivity index (χ4v) is 4.01. The Morgan fingerprint density at radius 2 is 1.65 bits per heavy atom. The third-order valence-corrected chi connectivity index (χ3v) is 6.14. The Bertz CT molecular complexity index is 1280. The first-order valence-electron chi connectivity index (χ1n) is 10.1. The second kappa shape index (κ2) is 10.6. The Morgan fingerprint density at radius 3 is 2.26 bits per heavy atom. The molecule has 180 valence electrons. The van der Waals surface area contributed by atoms with E-state index in [2.05, 4.69) is 0 Å². The van der Waals surface area contributed by atoms with Gasteiger partial charge in [-0.15, -0.1) is 0 Å². The van der Waals surface area contributed by atoms with E-state index in [-0.39, 0.29) is 18.9 Å². The predicted molar refractivity (Wildman–Crippen MR) is 122 cm³/mol. The van der Waals surface area contributed by atoms with Crippen molar-refractivity contribution < 1.29 is 36.6 Å². The second-order valence-corrected chi connectivity index (χ2v) is 9.51. The third-order valence-electron chi connectivity index (χ3n) is 4.94. The molecule has 0 aliphatic heterocycles. The van der Waals surface area contributed by atoms with Crippen LogP contribution in [-0.4, -0.2) is 43.7 Å². The first-order valence-corrected chi connectivity index (χ1v) is 11.9. The summed E-state index contributed by atoms with van der Waals surface area (Å²) in [5.74, 6) is -2.48. The number of carboxylic acid groups (broad SMARTS) is 1. The van der Waals surface area contributed by atoms with Gasteiger partial charge in [0.15, 0.2) is 11.6 Å². The Morgan fingerprint density at radius 1 is 1.00 bits per heavy atom. The molecule has 34 heavy (non-hydrogen) atoms. The molecule has 0 heterocycles. The Balaban J connectivity index is 1.70. The molecule has 0 bridgehead atoms. The van der Waals surface area contributed by atoms with Crippen LogP contribution in [0.1, 0.15) is 11.1 Å². The molecule has 0 saturated heterocycles. The zero-order chi connectivity index (χ0) is 24.9. The highest BCUT2D eigenvalue weighted by Crippen LogP contribution is 2.33. The molecule has 0 aliphatic rings. The Labute approximate surface area is 196 Å². The van der Waals surface area contributed by atoms with Gasteiger partial charge in [-0.05, 0) is 34.9 Å². The van der Waals surface area contributed by atoms with Crippen molar-refractivity contribution in [1.29, 1.82) is 0 Å². The van der Waals surface area contributed by atoms with Gasteiger partial charge >= 0.3 is 5.97 Å². The Hall–Kier alpha value is -3.50. The smallest absolute Gasteiger partial charge is 0.318 e. The zero-order valence-corrected chi connectivity index (χ0v) is 19.3. The standard InChI is InChI=1S/C24H23F2NO6S/c1-32-23-12-22(26)21(25)11-20(23)18-6-8-19(9-7-18)33-15-17-5-3-4-16(10-17)13-27(14-24(28)29)34(2,30)31/h3-12H,13-15H2,1-2H3,(H,28,29). The molecule has 7 nitrogen and oxygen atoms in total. The number of rotatable bonds is 10. The van der Waals surface area contributed by atoms with Crippen molar-refractivity contribution in [2.45, 2.75) is 13.2 Å². The number of hydrogen-bond donors (Lipinski definition) is 1. The Kier molecular flexibility index (Phi) is 7.85. The van der Waals surface area contributed by atoms with Gasteiger partial charge in [-0.1, -0.05) is 36.4 Å². The van der Waals surface area contributed by atoms with Crippen molar-refractivity contribution in [2.75, 3.05) is 19.9 Å². The van der Waals surface area contributed by atoms with E-state index in [1.54, 1.807) is 48.5 Å². The minimum atomic E-state index is -3.70. The minimum absolute atomic E-state index is 0.0796. The third kappa shape index (κ3) is 6.52. The monoisotopic (exact) mass is 491 g/mol. The molecule has 0 amide bonds. The van der Waals surface area contributed by atoms with Gasteiger partial charge in [0.1, 0.15) is 24.7 Å². The van der Waals surface area contributed by atoms with E-state index in [0.717, 1.165) is 28.3 Å². The maximum absolute atomic E-state index is 13.7. The molecule has 0 saturated carbocycles. The number of carboxylic acids is 1. The number of hydrogen-bond acceptors (Lipinski definition) is 5. The number of ether oxygens (including phenoxy) is 2. The quantitative estimate of drug-likeness (QED) is 0.460. The molecule has 0 aliphatic carbocycles. The van der Waals surface area contributed by atoms with Crippen LogP contribution in [0.2, 0.25) is 0 Å². The maximum atomic E-state index is 13.7. The van der Waals surface area contributed by atoms with E-state index in [9.17, 15) is 22.0 Å². The number of methoxy groups -OCH3 is 1. The molecular formula is C24H23F2NO6S. The van der Waals surface area contributed by atoms with Crippen LogP contribution in [0.15, 0.2) is 60.7 Å². The van der Waals surface area contributed by atoms with E-state index in [0.29, 0.717) is 22.4 Å². The number of halogens is 2. The van der Waals surface area contributed by atoms with Crippen molar-refractivity contribution in [1.82, 2.24) is 4.31 Å². The van der Waals surface area contributed by atoms with Crippen LogP contribution in [0.4, 0.5) is 8.78 Å². The summed E-state index contributed by atoms with van der Waals surface area (Å²) in [6.07, 6.45) is 0.961. The highest BCUT2D eigenvalue weighted by Gasteiger charge is 2.20. The summed E-state index contributed by atoms with van der Waals surface area (Å²) in [6.45, 7) is -0.530. The first kappa shape index (κ1) is 25.1. The highest BCUT2D eigenvalue weighted by molar-refractivity contribution is 7.88. The van der Waals surface area contributed by atoms with E-state index in [1.807, 2.05) is 0 Å². The number of carbonyl (C=O) groups is 1. The van der Waals surface area contributed by atoms with Crippen molar-refractivity contribution in [3.63, 3.8) is 0 Å². The van der Waals surface area contributed by atoms with Crippen molar-refractivity contribution in [3.05, 3.63) is 83.4 Å². The summed E-state index contributed by atoms with van der Waals surface area (Å²) in [5, 5.41) is 8.97. The van der Waals surface area contributed by atoms with Gasteiger partial charge in [-0.3, -0.25) is 4.79 Å². The molecule has 0 fully saturated rings. The lowest BCUT2D eigenvalue weighted by Gasteiger charge is -2.18. The van der Waals surface area contributed by atoms with Gasteiger partial charge in [0.05, 0.1) is 13.4 Å². The molecule has 10 heteroatoms. The van der Waals surface area contributed by atoms with Crippen LogP contribution in [0, 0.1) is 11.6 Å². The van der Waals surface area contributed by atoms with Gasteiger partial charge in [-0.2, -0.15) is 4.31 Å². The van der Waals surface area contributed by atoms with Crippen LogP contribution in [0.25, 0.3) is 11.1 Å². The fourth-order valence-electron chi connectivity index (χ4n) is 3.28. The molecular weight excluding hydrogens is 468 g/mol. The molecule has 0 radical (unpaired) electrons. The molecule has 3 rings (SSSR count). The van der Waals surface area contributed by atoms with Gasteiger partial charge in [-0.25, -0.2) is 17.2 Å². The number of sulfonamides is 1. The van der Waals surface area contributed by atoms with E-state index < -0.39 is 34.2 Å². The number of nitrogens with zero attached hydrogens (tertiary/aromatic N) is 1. The normalized spacial score (nSPS) is 11.4. The lowest BCUT2D eigenvalue weighted by atomic mass is 10.0. The SMILES string of the molecule is COc1cc(F)c(F)cc1-c1ccc(OCc2cccc(CN(CC(=O)O)S(C)(=O)=O)c2)cc1. The molecule has 3 aromatic rings. The van der Waals surface area contributed by atoms with E-state index in [4.69, 9.17) is 14.6 Å². The van der Waals surface area contributed by atoms with Crippen LogP contribution in [0.5, 0.6) is 11.5 Å². The number of benzene rings is 3. The van der Waals surface area contributed by atoms with Crippen molar-refractivity contribution in [2.24, 2.45) is 0 Å². The van der Waals surface area contributed by atoms with Crippen LogP contribution < -0.4 is 9.47 Å². The summed E-state index contributed by atoms with van der Waals surface area (Å²) in [4.78, 5) is 11.0. The van der Waals surface area contributed by atoms with Crippen LogP contribution in [0.3, 0.4) is 0 Å². The average molecular weight is 492 g/mol. The lowest BCUT2D eigenvalue weighted by molar-refractivity contribution is -0.137. The van der Waals surface area contributed by atoms with E-state index >= 15 is 0 Å². The van der Waals surface area contributed by atoms with Gasteiger partial charge in [0.2, 0.25) is 10.0 Å². The second-order valence-electron chi connectivity index (χ2n) is 7.52. The summed E-state index contributed by atoms with van der Waals surface area (Å²) in [6, 6.07) is 15.8. The van der Waals surface area contributed by atoms with Crippen LogP contribution in [-0.2, 0) is 28.0 Å². The van der Waals surface area contributed by atoms with Gasteiger partial charge in [0, 0.05) is 18.2 Å². The predicted octanol–water partition coefficient (Wildman–Crippen LogP) is 4.07. The summed E-state index contributed by atoms with van der Waals surface area (Å²) < 4.78 is 62.7. The highest BCUT2D eigenvalue weighted by atomic mass is 32.2. The average Bonchev–Trinajstić information content (AvgIpc) is 2.78. The molecule has 3 aromatic carbocycles. The molecule has 0 spiro atoms. The minimum Gasteiger partial charge on any atom is -0.496 e. The fraction of sp³-hybridized carbons (Fsp3) is 0.208. The van der Waals surface area contributed by atoms with Crippen molar-refractivity contribution >= 4 is 16.0 Å². The largest absolute Gasteiger partial charge is 0.496 e. The maximum Gasteiger partial charge on any atom is 0.318 e. The first-order chi connectivity index (χ1) is 16.1. The zero-order valence-electron chi connectivity index (χ0n) is 18.5. The molecule has 0 unspecified atom stereocenters. The lowest BCUT2D eigenvalue weighted by Crippen LogP contribution is -2.34. The van der Waals surface area contributed by atoms with Crippen molar-refractivity contribution in [3.8, 4) is 22.6 Å². The molecule has 0 atom stereocenters. The topological polar surface area (TPSA) is 93.1 Å². The number of aliphatic carboxylic acids is 1. The summed E-state index contributed by atoms with van der Waals surface area (Å²) in [5.41, 5.74) is 2.39. The summed E-state index contributed by atoms with van der Waals surface area (Å²) >= 11 is 0. The molecule has 0 aromatic heterocycles. The van der Waals surface area contributed by atoms with Gasteiger partial charge < -0.3 is 14.6 Å².